The Morgan fingerprint density at radius 2 is 1.96 bits per heavy atom. The first kappa shape index (κ1) is 19.6. The van der Waals surface area contributed by atoms with Crippen molar-refractivity contribution in [3.8, 4) is 0 Å². The summed E-state index contributed by atoms with van der Waals surface area (Å²) in [6, 6.07) is 5.37. The minimum absolute atomic E-state index is 0.0209. The predicted molar refractivity (Wildman–Crippen MR) is 102 cm³/mol. The third kappa shape index (κ3) is 5.11. The van der Waals surface area contributed by atoms with Crippen LogP contribution in [0.4, 0.5) is 0 Å². The van der Waals surface area contributed by atoms with Crippen LogP contribution in [0.25, 0.3) is 6.08 Å². The molecule has 4 nitrogen and oxygen atoms in total. The van der Waals surface area contributed by atoms with Gasteiger partial charge in [0.1, 0.15) is 6.61 Å². The molecule has 0 saturated heterocycles. The van der Waals surface area contributed by atoms with E-state index in [9.17, 15) is 4.79 Å². The third-order valence-electron chi connectivity index (χ3n) is 3.56. The maximum absolute atomic E-state index is 11.7. The van der Waals surface area contributed by atoms with E-state index >= 15 is 0 Å². The standard InChI is InChI=1S/C18H17Cl3N2O2/c1-11(19)10-25-18(24)8-7-14-12(2)22-23(13(14)3)9-15-16(20)5-4-6-17(15)21/h4-8H,1,9-10H2,2-3H3/b8-7+. The number of carbonyl (C=O) groups excluding carboxylic acids is 1. The zero-order valence-corrected chi connectivity index (χ0v) is 16.1. The number of carbonyl (C=O) groups is 1. The molecule has 0 saturated carbocycles. The van der Waals surface area contributed by atoms with Crippen LogP contribution in [0.3, 0.4) is 0 Å². The first-order chi connectivity index (χ1) is 11.8. The summed E-state index contributed by atoms with van der Waals surface area (Å²) in [6.45, 7) is 7.66. The number of ether oxygens (including phenoxy) is 1. The fraction of sp³-hybridized carbons (Fsp3) is 0.222. The number of benzene rings is 1. The molecule has 1 heterocycles. The van der Waals surface area contributed by atoms with Gasteiger partial charge in [-0.15, -0.1) is 0 Å². The van der Waals surface area contributed by atoms with Gasteiger partial charge in [-0.05, 0) is 32.1 Å². The summed E-state index contributed by atoms with van der Waals surface area (Å²) in [5.74, 6) is -0.498. The highest BCUT2D eigenvalue weighted by atomic mass is 35.5. The van der Waals surface area contributed by atoms with Crippen molar-refractivity contribution >= 4 is 46.8 Å². The van der Waals surface area contributed by atoms with Crippen molar-refractivity contribution in [2.45, 2.75) is 20.4 Å². The lowest BCUT2D eigenvalue weighted by Gasteiger charge is -2.09. The third-order valence-corrected chi connectivity index (χ3v) is 4.38. The van der Waals surface area contributed by atoms with Crippen LogP contribution in [0.2, 0.25) is 10.0 Å². The molecule has 7 heteroatoms. The number of halogens is 3. The average molecular weight is 400 g/mol. The smallest absolute Gasteiger partial charge is 0.331 e. The Balaban J connectivity index is 2.20. The van der Waals surface area contributed by atoms with Crippen LogP contribution < -0.4 is 0 Å². The van der Waals surface area contributed by atoms with Gasteiger partial charge in [0.15, 0.2) is 0 Å². The molecule has 0 aliphatic carbocycles. The highest BCUT2D eigenvalue weighted by molar-refractivity contribution is 6.36. The molecule has 1 aromatic heterocycles. The normalized spacial score (nSPS) is 11.1. The van der Waals surface area contributed by atoms with Gasteiger partial charge in [-0.3, -0.25) is 4.68 Å². The van der Waals surface area contributed by atoms with E-state index < -0.39 is 5.97 Å². The number of nitrogens with zero attached hydrogens (tertiary/aromatic N) is 2. The van der Waals surface area contributed by atoms with Crippen molar-refractivity contribution in [1.29, 1.82) is 0 Å². The Morgan fingerprint density at radius 3 is 2.56 bits per heavy atom. The van der Waals surface area contributed by atoms with Crippen molar-refractivity contribution in [3.63, 3.8) is 0 Å². The van der Waals surface area contributed by atoms with Gasteiger partial charge >= 0.3 is 5.97 Å². The summed E-state index contributed by atoms with van der Waals surface area (Å²) in [5, 5.41) is 5.93. The Bertz CT molecular complexity index is 821. The van der Waals surface area contributed by atoms with Crippen LogP contribution in [-0.4, -0.2) is 22.4 Å². The zero-order valence-electron chi connectivity index (χ0n) is 13.9. The molecule has 0 aliphatic heterocycles. The van der Waals surface area contributed by atoms with E-state index in [0.717, 1.165) is 22.5 Å². The minimum Gasteiger partial charge on any atom is -0.457 e. The lowest BCUT2D eigenvalue weighted by molar-refractivity contribution is -0.136. The van der Waals surface area contributed by atoms with E-state index in [4.69, 9.17) is 39.5 Å². The summed E-state index contributed by atoms with van der Waals surface area (Å²) in [6.07, 6.45) is 3.01. The topological polar surface area (TPSA) is 44.1 Å². The Hall–Kier alpha value is -1.75. The number of rotatable bonds is 6. The SMILES string of the molecule is C=C(Cl)COC(=O)/C=C/c1c(C)nn(Cc2c(Cl)cccc2Cl)c1C. The fourth-order valence-corrected chi connectivity index (χ4v) is 2.86. The van der Waals surface area contributed by atoms with Gasteiger partial charge in [0.05, 0.1) is 12.2 Å². The molecule has 0 fully saturated rings. The van der Waals surface area contributed by atoms with Crippen molar-refractivity contribution < 1.29 is 9.53 Å². The quantitative estimate of drug-likeness (QED) is 0.497. The molecular weight excluding hydrogens is 383 g/mol. The minimum atomic E-state index is -0.498. The van der Waals surface area contributed by atoms with Gasteiger partial charge in [0.2, 0.25) is 0 Å². The number of hydrogen-bond donors (Lipinski definition) is 0. The van der Waals surface area contributed by atoms with Crippen LogP contribution in [-0.2, 0) is 16.1 Å². The van der Waals surface area contributed by atoms with Gasteiger partial charge in [0.25, 0.3) is 0 Å². The first-order valence-electron chi connectivity index (χ1n) is 7.44. The van der Waals surface area contributed by atoms with Gasteiger partial charge in [-0.1, -0.05) is 47.4 Å². The monoisotopic (exact) mass is 398 g/mol. The summed E-state index contributed by atoms with van der Waals surface area (Å²) >= 11 is 18.0. The van der Waals surface area contributed by atoms with Gasteiger partial charge < -0.3 is 4.74 Å². The largest absolute Gasteiger partial charge is 0.457 e. The fourth-order valence-electron chi connectivity index (χ4n) is 2.29. The first-order valence-corrected chi connectivity index (χ1v) is 8.58. The zero-order chi connectivity index (χ0) is 18.6. The summed E-state index contributed by atoms with van der Waals surface area (Å²) in [7, 11) is 0. The van der Waals surface area contributed by atoms with Gasteiger partial charge in [0, 0.05) is 38.0 Å². The summed E-state index contributed by atoms with van der Waals surface area (Å²) < 4.78 is 6.72. The maximum Gasteiger partial charge on any atom is 0.331 e. The highest BCUT2D eigenvalue weighted by Gasteiger charge is 2.13. The molecule has 0 amide bonds. The van der Waals surface area contributed by atoms with E-state index in [0.29, 0.717) is 16.6 Å². The number of hydrogen-bond acceptors (Lipinski definition) is 3. The van der Waals surface area contributed by atoms with E-state index in [1.807, 2.05) is 13.8 Å². The predicted octanol–water partition coefficient (Wildman–Crippen LogP) is 5.16. The summed E-state index contributed by atoms with van der Waals surface area (Å²) in [4.78, 5) is 11.7. The van der Waals surface area contributed by atoms with E-state index in [1.54, 1.807) is 29.0 Å². The van der Waals surface area contributed by atoms with E-state index in [-0.39, 0.29) is 11.6 Å². The van der Waals surface area contributed by atoms with Crippen molar-refractivity contribution in [3.05, 3.63) is 68.4 Å². The van der Waals surface area contributed by atoms with Gasteiger partial charge in [-0.2, -0.15) is 5.10 Å². The van der Waals surface area contributed by atoms with Crippen LogP contribution in [0.5, 0.6) is 0 Å². The molecule has 0 aliphatic rings. The molecule has 2 rings (SSSR count). The average Bonchev–Trinajstić information content (AvgIpc) is 2.81. The van der Waals surface area contributed by atoms with Crippen molar-refractivity contribution in [2.24, 2.45) is 0 Å². The molecule has 0 N–H and O–H groups in total. The number of esters is 1. The molecule has 1 aromatic carbocycles. The number of aryl methyl sites for hydroxylation is 1. The van der Waals surface area contributed by atoms with Crippen molar-refractivity contribution in [2.75, 3.05) is 6.61 Å². The Labute approximate surface area is 161 Å². The second-order valence-corrected chi connectivity index (χ2v) is 6.75. The van der Waals surface area contributed by atoms with Crippen LogP contribution in [0, 0.1) is 13.8 Å². The van der Waals surface area contributed by atoms with E-state index in [1.165, 1.54) is 6.08 Å². The van der Waals surface area contributed by atoms with Crippen LogP contribution >= 0.6 is 34.8 Å². The summed E-state index contributed by atoms with van der Waals surface area (Å²) in [5.41, 5.74) is 3.31. The Kier molecular flexibility index (Phi) is 6.71. The molecule has 0 spiro atoms. The lowest BCUT2D eigenvalue weighted by Crippen LogP contribution is -2.05. The van der Waals surface area contributed by atoms with E-state index in [2.05, 4.69) is 11.7 Å². The molecule has 0 atom stereocenters. The van der Waals surface area contributed by atoms with Crippen molar-refractivity contribution in [1.82, 2.24) is 9.78 Å². The van der Waals surface area contributed by atoms with Crippen LogP contribution in [0.1, 0.15) is 22.5 Å². The Morgan fingerprint density at radius 1 is 1.32 bits per heavy atom. The van der Waals surface area contributed by atoms with Crippen LogP contribution in [0.15, 0.2) is 35.9 Å². The molecule has 0 unspecified atom stereocenters. The molecule has 2 aromatic rings. The molecule has 0 bridgehead atoms. The highest BCUT2D eigenvalue weighted by Crippen LogP contribution is 2.26. The molecule has 132 valence electrons. The second kappa shape index (κ2) is 8.56. The number of aromatic nitrogens is 2. The van der Waals surface area contributed by atoms with Gasteiger partial charge in [-0.25, -0.2) is 4.79 Å². The molecular formula is C18H17Cl3N2O2. The lowest BCUT2D eigenvalue weighted by atomic mass is 10.1. The maximum atomic E-state index is 11.7. The second-order valence-electron chi connectivity index (χ2n) is 5.40. The molecule has 25 heavy (non-hydrogen) atoms. The molecule has 0 radical (unpaired) electrons.